The quantitative estimate of drug-likeness (QED) is 0.483. The summed E-state index contributed by atoms with van der Waals surface area (Å²) in [5, 5.41) is 14.5. The van der Waals surface area contributed by atoms with E-state index in [2.05, 4.69) is 20.3 Å². The highest BCUT2D eigenvalue weighted by molar-refractivity contribution is 5.82. The van der Waals surface area contributed by atoms with Gasteiger partial charge >= 0.3 is 6.09 Å². The molecule has 2 fully saturated rings. The monoisotopic (exact) mass is 558 g/mol. The number of benzene rings is 1. The van der Waals surface area contributed by atoms with Crippen molar-refractivity contribution >= 4 is 23.1 Å². The SMILES string of the molecule is CC(C)(C)OC(=O)N1CCC2(CC1)COC[C@@](C)(O)[C@H](n1cnc3c(NCc4c(F)cccc4F)ncnc31)C2. The Hall–Kier alpha value is -3.38. The number of fused-ring (bicyclic) bond motifs is 1. The summed E-state index contributed by atoms with van der Waals surface area (Å²) in [6.45, 7) is 8.80. The van der Waals surface area contributed by atoms with Crippen LogP contribution in [-0.4, -0.2) is 73.1 Å². The van der Waals surface area contributed by atoms with Gasteiger partial charge in [0.25, 0.3) is 0 Å². The normalized spacial score (nSPS) is 23.3. The first kappa shape index (κ1) is 28.2. The summed E-state index contributed by atoms with van der Waals surface area (Å²) in [4.78, 5) is 27.6. The molecule has 0 unspecified atom stereocenters. The van der Waals surface area contributed by atoms with Crippen molar-refractivity contribution in [3.8, 4) is 0 Å². The van der Waals surface area contributed by atoms with Crippen LogP contribution in [0.25, 0.3) is 11.2 Å². The van der Waals surface area contributed by atoms with E-state index in [4.69, 9.17) is 9.47 Å². The first-order valence-electron chi connectivity index (χ1n) is 13.5. The van der Waals surface area contributed by atoms with Gasteiger partial charge < -0.3 is 29.4 Å². The molecule has 1 spiro atoms. The van der Waals surface area contributed by atoms with E-state index in [-0.39, 0.29) is 30.2 Å². The molecule has 2 N–H and O–H groups in total. The Morgan fingerprint density at radius 1 is 1.18 bits per heavy atom. The number of aromatic nitrogens is 4. The topological polar surface area (TPSA) is 115 Å². The van der Waals surface area contributed by atoms with Crippen molar-refractivity contribution < 1.29 is 28.2 Å². The number of hydrogen-bond acceptors (Lipinski definition) is 8. The maximum absolute atomic E-state index is 14.2. The number of halogens is 2. The highest BCUT2D eigenvalue weighted by atomic mass is 19.1. The number of nitrogens with zero attached hydrogens (tertiary/aromatic N) is 5. The Balaban J connectivity index is 1.38. The fourth-order valence-corrected chi connectivity index (χ4v) is 5.58. The fraction of sp³-hybridized carbons (Fsp3) is 0.571. The van der Waals surface area contributed by atoms with Crippen molar-refractivity contribution in [2.24, 2.45) is 5.41 Å². The third kappa shape index (κ3) is 5.73. The lowest BCUT2D eigenvalue weighted by molar-refractivity contribution is -0.0533. The minimum Gasteiger partial charge on any atom is -0.444 e. The van der Waals surface area contributed by atoms with Crippen molar-refractivity contribution in [2.75, 3.05) is 31.6 Å². The van der Waals surface area contributed by atoms with E-state index >= 15 is 0 Å². The van der Waals surface area contributed by atoms with Gasteiger partial charge in [-0.25, -0.2) is 28.5 Å². The summed E-state index contributed by atoms with van der Waals surface area (Å²) in [7, 11) is 0. The molecule has 0 aliphatic carbocycles. The number of likely N-dealkylation sites (tertiary alicyclic amines) is 1. The molecule has 5 rings (SSSR count). The number of imidazole rings is 1. The zero-order chi connectivity index (χ0) is 28.7. The van der Waals surface area contributed by atoms with Crippen molar-refractivity contribution in [2.45, 2.75) is 70.7 Å². The van der Waals surface area contributed by atoms with E-state index in [9.17, 15) is 18.7 Å². The van der Waals surface area contributed by atoms with Crippen molar-refractivity contribution in [1.82, 2.24) is 24.4 Å². The van der Waals surface area contributed by atoms with Crippen LogP contribution in [0.3, 0.4) is 0 Å². The summed E-state index contributed by atoms with van der Waals surface area (Å²) >= 11 is 0. The number of ether oxygens (including phenoxy) is 2. The fourth-order valence-electron chi connectivity index (χ4n) is 5.58. The van der Waals surface area contributed by atoms with Gasteiger partial charge in [-0.2, -0.15) is 0 Å². The summed E-state index contributed by atoms with van der Waals surface area (Å²) in [5.74, 6) is -0.974. The van der Waals surface area contributed by atoms with Gasteiger partial charge in [0.05, 0.1) is 25.6 Å². The minimum atomic E-state index is -1.23. The third-order valence-corrected chi connectivity index (χ3v) is 7.81. The predicted octanol–water partition coefficient (Wildman–Crippen LogP) is 4.45. The van der Waals surface area contributed by atoms with Gasteiger partial charge in [0.2, 0.25) is 0 Å². The summed E-state index contributed by atoms with van der Waals surface area (Å²) < 4.78 is 41.7. The molecule has 2 atom stereocenters. The molecule has 2 aliphatic rings. The largest absolute Gasteiger partial charge is 0.444 e. The average molecular weight is 559 g/mol. The number of anilines is 1. The first-order chi connectivity index (χ1) is 18.9. The number of piperidine rings is 1. The van der Waals surface area contributed by atoms with Gasteiger partial charge in [-0.05, 0) is 64.5 Å². The Morgan fingerprint density at radius 2 is 1.88 bits per heavy atom. The molecule has 12 heteroatoms. The van der Waals surface area contributed by atoms with E-state index in [0.29, 0.717) is 55.9 Å². The second-order valence-electron chi connectivity index (χ2n) is 12.1. The second-order valence-corrected chi connectivity index (χ2v) is 12.1. The van der Waals surface area contributed by atoms with Gasteiger partial charge in [-0.3, -0.25) is 0 Å². The van der Waals surface area contributed by atoms with Crippen LogP contribution in [0.1, 0.15) is 58.6 Å². The molecule has 0 bridgehead atoms. The lowest BCUT2D eigenvalue weighted by Gasteiger charge is -2.43. The molecule has 2 aromatic heterocycles. The molecule has 1 aromatic carbocycles. The number of hydrogen-bond donors (Lipinski definition) is 2. The van der Waals surface area contributed by atoms with Crippen LogP contribution in [-0.2, 0) is 16.0 Å². The van der Waals surface area contributed by atoms with Gasteiger partial charge in [0.1, 0.15) is 34.7 Å². The molecule has 216 valence electrons. The number of nitrogens with one attached hydrogen (secondary N) is 1. The Labute approximate surface area is 231 Å². The van der Waals surface area contributed by atoms with E-state index in [1.54, 1.807) is 18.2 Å². The predicted molar refractivity (Wildman–Crippen MR) is 144 cm³/mol. The van der Waals surface area contributed by atoms with Crippen LogP contribution in [0, 0.1) is 17.0 Å². The van der Waals surface area contributed by atoms with Gasteiger partial charge in [-0.1, -0.05) is 6.07 Å². The molecular formula is C28H36F2N6O4. The van der Waals surface area contributed by atoms with Crippen LogP contribution >= 0.6 is 0 Å². The molecule has 2 aliphatic heterocycles. The van der Waals surface area contributed by atoms with Crippen LogP contribution in [0.4, 0.5) is 19.4 Å². The standard InChI is InChI=1S/C28H36F2N6O4/c1-26(2,3)40-25(37)35-10-8-28(9-11-35)12-21(27(4,38)14-39-15-28)36-17-34-22-23(32-16-33-24(22)36)31-13-18-19(29)6-5-7-20(18)30/h5-7,16-17,21,38H,8-15H2,1-4H3,(H,31,32,33)/t21-,27-/m1/s1. The van der Waals surface area contributed by atoms with E-state index in [1.807, 2.05) is 25.3 Å². The maximum atomic E-state index is 14.2. The van der Waals surface area contributed by atoms with Crippen molar-refractivity contribution in [3.05, 3.63) is 48.1 Å². The molecule has 3 aromatic rings. The van der Waals surface area contributed by atoms with Crippen LogP contribution < -0.4 is 5.32 Å². The Morgan fingerprint density at radius 3 is 2.55 bits per heavy atom. The Bertz CT molecular complexity index is 1360. The molecular weight excluding hydrogens is 522 g/mol. The van der Waals surface area contributed by atoms with Gasteiger partial charge in [0, 0.05) is 25.2 Å². The van der Waals surface area contributed by atoms with E-state index in [1.165, 1.54) is 24.5 Å². The number of aliphatic hydroxyl groups is 1. The number of carbonyl (C=O) groups is 1. The highest BCUT2D eigenvalue weighted by Crippen LogP contribution is 2.46. The number of rotatable bonds is 4. The molecule has 10 nitrogen and oxygen atoms in total. The zero-order valence-corrected chi connectivity index (χ0v) is 23.3. The van der Waals surface area contributed by atoms with Crippen LogP contribution in [0.5, 0.6) is 0 Å². The minimum absolute atomic E-state index is 0.0998. The van der Waals surface area contributed by atoms with E-state index in [0.717, 1.165) is 0 Å². The number of carbonyl (C=O) groups excluding carboxylic acids is 1. The number of amides is 1. The molecule has 2 saturated heterocycles. The lowest BCUT2D eigenvalue weighted by atomic mass is 9.72. The lowest BCUT2D eigenvalue weighted by Crippen LogP contribution is -2.47. The van der Waals surface area contributed by atoms with Crippen LogP contribution in [0.15, 0.2) is 30.9 Å². The van der Waals surface area contributed by atoms with E-state index < -0.39 is 28.9 Å². The average Bonchev–Trinajstić information content (AvgIpc) is 3.25. The van der Waals surface area contributed by atoms with Crippen molar-refractivity contribution in [3.63, 3.8) is 0 Å². The smallest absolute Gasteiger partial charge is 0.410 e. The molecule has 0 radical (unpaired) electrons. The molecule has 0 saturated carbocycles. The molecule has 1 amide bonds. The molecule has 4 heterocycles. The molecule has 40 heavy (non-hydrogen) atoms. The van der Waals surface area contributed by atoms with Gasteiger partial charge in [0.15, 0.2) is 11.5 Å². The maximum Gasteiger partial charge on any atom is 0.410 e. The second kappa shape index (κ2) is 10.5. The van der Waals surface area contributed by atoms with Crippen LogP contribution in [0.2, 0.25) is 0 Å². The van der Waals surface area contributed by atoms with Gasteiger partial charge in [-0.15, -0.1) is 0 Å². The summed E-state index contributed by atoms with van der Waals surface area (Å²) in [6.07, 6.45) is 4.62. The highest BCUT2D eigenvalue weighted by Gasteiger charge is 2.47. The van der Waals surface area contributed by atoms with Crippen molar-refractivity contribution in [1.29, 1.82) is 0 Å². The first-order valence-corrected chi connectivity index (χ1v) is 13.5. The Kier molecular flexibility index (Phi) is 7.43. The zero-order valence-electron chi connectivity index (χ0n) is 23.3. The summed E-state index contributed by atoms with van der Waals surface area (Å²) in [6, 6.07) is 3.29. The third-order valence-electron chi connectivity index (χ3n) is 7.81. The summed E-state index contributed by atoms with van der Waals surface area (Å²) in [5.41, 5.74) is -1.25.